The molecule has 0 amide bonds. The Bertz CT molecular complexity index is 224. The molecule has 0 aliphatic heterocycles. The molecule has 0 saturated heterocycles. The van der Waals surface area contributed by atoms with Gasteiger partial charge in [0.1, 0.15) is 11.4 Å². The number of nitrogens with one attached hydrogen (secondary N) is 1. The fourth-order valence-corrected chi connectivity index (χ4v) is 0.791. The fraction of sp³-hybridized carbons (Fsp3) is 0.714. The minimum atomic E-state index is 0.679. The summed E-state index contributed by atoms with van der Waals surface area (Å²) in [5.74, 6) is 0. The van der Waals surface area contributed by atoms with Gasteiger partial charge in [-0.1, -0.05) is 10.3 Å². The van der Waals surface area contributed by atoms with Crippen molar-refractivity contribution >= 4 is 0 Å². The molecule has 0 unspecified atom stereocenters. The van der Waals surface area contributed by atoms with Crippen molar-refractivity contribution in [3.63, 3.8) is 0 Å². The third-order valence-corrected chi connectivity index (χ3v) is 1.52. The molecular weight excluding hydrogens is 158 g/mol. The van der Waals surface area contributed by atoms with Crippen LogP contribution in [-0.2, 0) is 11.3 Å². The summed E-state index contributed by atoms with van der Waals surface area (Å²) < 4.78 is 9.40. The van der Waals surface area contributed by atoms with E-state index in [4.69, 9.17) is 4.74 Å². The summed E-state index contributed by atoms with van der Waals surface area (Å²) in [6.45, 7) is 4.05. The number of methoxy groups -OCH3 is 1. The van der Waals surface area contributed by atoms with Crippen molar-refractivity contribution in [2.24, 2.45) is 0 Å². The van der Waals surface area contributed by atoms with Crippen molar-refractivity contribution in [1.29, 1.82) is 0 Å². The highest BCUT2D eigenvalue weighted by Gasteiger charge is 2.02. The quantitative estimate of drug-likeness (QED) is 0.637. The van der Waals surface area contributed by atoms with Gasteiger partial charge in [0.05, 0.1) is 6.61 Å². The van der Waals surface area contributed by atoms with E-state index in [1.807, 2.05) is 6.92 Å². The van der Waals surface area contributed by atoms with Crippen LogP contribution in [0.25, 0.3) is 0 Å². The first kappa shape index (κ1) is 9.15. The van der Waals surface area contributed by atoms with Gasteiger partial charge >= 0.3 is 0 Å². The third-order valence-electron chi connectivity index (χ3n) is 1.52. The van der Waals surface area contributed by atoms with Gasteiger partial charge in [-0.15, -0.1) is 0 Å². The summed E-state index contributed by atoms with van der Waals surface area (Å²) in [6.07, 6.45) is 0. The molecule has 0 spiro atoms. The maximum atomic E-state index is 4.87. The van der Waals surface area contributed by atoms with E-state index in [0.717, 1.165) is 17.9 Å². The Morgan fingerprint density at radius 2 is 2.33 bits per heavy atom. The van der Waals surface area contributed by atoms with Gasteiger partial charge in [-0.2, -0.15) is 0 Å². The van der Waals surface area contributed by atoms with Crippen molar-refractivity contribution < 1.29 is 9.37 Å². The first-order chi connectivity index (χ1) is 5.84. The van der Waals surface area contributed by atoms with Crippen molar-refractivity contribution in [3.05, 3.63) is 11.4 Å². The second-order valence-corrected chi connectivity index (χ2v) is 2.47. The zero-order valence-electron chi connectivity index (χ0n) is 7.33. The summed E-state index contributed by atoms with van der Waals surface area (Å²) >= 11 is 0. The van der Waals surface area contributed by atoms with E-state index in [9.17, 15) is 0 Å². The van der Waals surface area contributed by atoms with Crippen LogP contribution < -0.4 is 5.32 Å². The average molecular weight is 171 g/mol. The first-order valence-corrected chi connectivity index (χ1v) is 3.82. The third kappa shape index (κ3) is 2.60. The number of hydrogen-bond donors (Lipinski definition) is 1. The maximum Gasteiger partial charge on any atom is 0.121 e. The zero-order valence-corrected chi connectivity index (χ0v) is 7.33. The molecule has 1 heterocycles. The topological polar surface area (TPSA) is 60.2 Å². The van der Waals surface area contributed by atoms with Crippen molar-refractivity contribution in [3.8, 4) is 0 Å². The lowest BCUT2D eigenvalue weighted by molar-refractivity contribution is 0.199. The molecule has 1 aromatic heterocycles. The van der Waals surface area contributed by atoms with E-state index < -0.39 is 0 Å². The molecule has 1 N–H and O–H groups in total. The van der Waals surface area contributed by atoms with Gasteiger partial charge in [0.2, 0.25) is 0 Å². The van der Waals surface area contributed by atoms with Crippen LogP contribution in [0.15, 0.2) is 4.63 Å². The Hall–Kier alpha value is -0.940. The standard InChI is InChI=1S/C7H13N3O2/c1-6-7(10-12-9-6)5-8-3-4-11-2/h8H,3-5H2,1-2H3. The number of ether oxygens (including phenoxy) is 1. The molecule has 0 aliphatic carbocycles. The highest BCUT2D eigenvalue weighted by Crippen LogP contribution is 1.98. The molecule has 68 valence electrons. The van der Waals surface area contributed by atoms with E-state index in [0.29, 0.717) is 13.2 Å². The van der Waals surface area contributed by atoms with Gasteiger partial charge in [-0.3, -0.25) is 0 Å². The SMILES string of the molecule is COCCNCc1nonc1C. The number of hydrogen-bond acceptors (Lipinski definition) is 5. The van der Waals surface area contributed by atoms with E-state index >= 15 is 0 Å². The van der Waals surface area contributed by atoms with Gasteiger partial charge in [-0.25, -0.2) is 4.63 Å². The van der Waals surface area contributed by atoms with E-state index in [-0.39, 0.29) is 0 Å². The molecule has 0 fully saturated rings. The lowest BCUT2D eigenvalue weighted by atomic mass is 10.3. The van der Waals surface area contributed by atoms with Crippen molar-refractivity contribution in [2.75, 3.05) is 20.3 Å². The molecule has 0 aromatic carbocycles. The van der Waals surface area contributed by atoms with Crippen molar-refractivity contribution in [1.82, 2.24) is 15.6 Å². The summed E-state index contributed by atoms with van der Waals surface area (Å²) in [5, 5.41) is 10.5. The molecule has 0 bridgehead atoms. The van der Waals surface area contributed by atoms with Gasteiger partial charge in [-0.05, 0) is 6.92 Å². The van der Waals surface area contributed by atoms with Crippen LogP contribution >= 0.6 is 0 Å². The minimum absolute atomic E-state index is 0.679. The second-order valence-electron chi connectivity index (χ2n) is 2.47. The Morgan fingerprint density at radius 3 is 2.92 bits per heavy atom. The van der Waals surface area contributed by atoms with E-state index in [1.54, 1.807) is 7.11 Å². The van der Waals surface area contributed by atoms with Crippen LogP contribution in [0.5, 0.6) is 0 Å². The normalized spacial score (nSPS) is 10.5. The van der Waals surface area contributed by atoms with Crippen LogP contribution in [0.4, 0.5) is 0 Å². The number of nitrogens with zero attached hydrogens (tertiary/aromatic N) is 2. The average Bonchev–Trinajstić information content (AvgIpc) is 2.46. The highest BCUT2D eigenvalue weighted by atomic mass is 16.6. The molecule has 0 aliphatic rings. The number of rotatable bonds is 5. The molecular formula is C7H13N3O2. The summed E-state index contributed by atoms with van der Waals surface area (Å²) in [7, 11) is 1.67. The summed E-state index contributed by atoms with van der Waals surface area (Å²) in [4.78, 5) is 0. The molecule has 0 radical (unpaired) electrons. The second kappa shape index (κ2) is 4.84. The molecule has 1 rings (SSSR count). The van der Waals surface area contributed by atoms with Gasteiger partial charge in [0, 0.05) is 20.2 Å². The van der Waals surface area contributed by atoms with Gasteiger partial charge < -0.3 is 10.1 Å². The van der Waals surface area contributed by atoms with Crippen LogP contribution in [0, 0.1) is 6.92 Å². The van der Waals surface area contributed by atoms with Crippen LogP contribution in [0.1, 0.15) is 11.4 Å². The molecule has 5 nitrogen and oxygen atoms in total. The monoisotopic (exact) mass is 171 g/mol. The molecule has 0 saturated carbocycles. The molecule has 12 heavy (non-hydrogen) atoms. The Balaban J connectivity index is 2.20. The fourth-order valence-electron chi connectivity index (χ4n) is 0.791. The van der Waals surface area contributed by atoms with E-state index in [2.05, 4.69) is 20.3 Å². The van der Waals surface area contributed by atoms with Crippen LogP contribution in [0.3, 0.4) is 0 Å². The van der Waals surface area contributed by atoms with Crippen molar-refractivity contribution in [2.45, 2.75) is 13.5 Å². The Labute approximate surface area is 71.1 Å². The summed E-state index contributed by atoms with van der Waals surface area (Å²) in [5.41, 5.74) is 1.69. The number of aryl methyl sites for hydroxylation is 1. The summed E-state index contributed by atoms with van der Waals surface area (Å²) in [6, 6.07) is 0. The predicted octanol–water partition coefficient (Wildman–Crippen LogP) is 0.114. The van der Waals surface area contributed by atoms with Crippen LogP contribution in [-0.4, -0.2) is 30.6 Å². The highest BCUT2D eigenvalue weighted by molar-refractivity contribution is 5.03. The largest absolute Gasteiger partial charge is 0.383 e. The molecule has 1 aromatic rings. The van der Waals surface area contributed by atoms with Crippen LogP contribution in [0.2, 0.25) is 0 Å². The molecule has 5 heteroatoms. The van der Waals surface area contributed by atoms with E-state index in [1.165, 1.54) is 0 Å². The van der Waals surface area contributed by atoms with Gasteiger partial charge in [0.25, 0.3) is 0 Å². The van der Waals surface area contributed by atoms with Gasteiger partial charge in [0.15, 0.2) is 0 Å². The predicted molar refractivity (Wildman–Crippen MR) is 42.6 cm³/mol. The maximum absolute atomic E-state index is 4.87. The Morgan fingerprint density at radius 1 is 1.50 bits per heavy atom. The smallest absolute Gasteiger partial charge is 0.121 e. The minimum Gasteiger partial charge on any atom is -0.383 e. The molecule has 0 atom stereocenters. The Kier molecular flexibility index (Phi) is 3.69. The lowest BCUT2D eigenvalue weighted by Gasteiger charge is -1.99. The lowest BCUT2D eigenvalue weighted by Crippen LogP contribution is -2.19. The first-order valence-electron chi connectivity index (χ1n) is 3.82. The number of aromatic nitrogens is 2. The zero-order chi connectivity index (χ0) is 8.81.